The summed E-state index contributed by atoms with van der Waals surface area (Å²) in [5.74, 6) is 2.42. The fourth-order valence-corrected chi connectivity index (χ4v) is 3.97. The highest BCUT2D eigenvalue weighted by molar-refractivity contribution is 6.30. The quantitative estimate of drug-likeness (QED) is 0.596. The number of hydrogen-bond acceptors (Lipinski definition) is 6. The van der Waals surface area contributed by atoms with E-state index < -0.39 is 0 Å². The van der Waals surface area contributed by atoms with Crippen LogP contribution in [0.25, 0.3) is 0 Å². The number of likely N-dealkylation sites (N-methyl/N-ethyl adjacent to an activating group) is 1. The lowest BCUT2D eigenvalue weighted by molar-refractivity contribution is -0.133. The Labute approximate surface area is 200 Å². The Bertz CT molecular complexity index is 944. The van der Waals surface area contributed by atoms with Crippen molar-refractivity contribution in [1.29, 1.82) is 0 Å². The number of aromatic nitrogens is 3. The monoisotopic (exact) mass is 476 g/mol. The molecule has 1 aromatic carbocycles. The molecule has 0 bridgehead atoms. The number of fused-ring (bicyclic) bond motifs is 1. The number of nitrogens with zero attached hydrogens (tertiary/aromatic N) is 5. The molecule has 0 fully saturated rings. The maximum Gasteiger partial charge on any atom is 0.260 e. The molecule has 1 aliphatic rings. The molecule has 2 heterocycles. The lowest BCUT2D eigenvalue weighted by atomic mass is 10.0. The van der Waals surface area contributed by atoms with Crippen molar-refractivity contribution in [1.82, 2.24) is 29.9 Å². The summed E-state index contributed by atoms with van der Waals surface area (Å²) >= 11 is 5.89. The first-order valence-electron chi connectivity index (χ1n) is 11.2. The van der Waals surface area contributed by atoms with Crippen molar-refractivity contribution in [2.75, 3.05) is 40.3 Å². The fourth-order valence-electron chi connectivity index (χ4n) is 3.85. The first-order chi connectivity index (χ1) is 15.7. The molecule has 1 unspecified atom stereocenters. The molecule has 1 aliphatic heterocycles. The summed E-state index contributed by atoms with van der Waals surface area (Å²) < 4.78 is 7.67. The zero-order valence-electron chi connectivity index (χ0n) is 19.8. The third-order valence-corrected chi connectivity index (χ3v) is 5.65. The summed E-state index contributed by atoms with van der Waals surface area (Å²) in [7, 11) is 3.73. The number of nitrogens with one attached hydrogen (secondary N) is 1. The number of carbonyl (C=O) groups excluding carboxylic acids is 2. The van der Waals surface area contributed by atoms with E-state index in [0.29, 0.717) is 49.3 Å². The third-order valence-electron chi connectivity index (χ3n) is 5.40. The molecule has 9 nitrogen and oxygen atoms in total. The lowest BCUT2D eigenvalue weighted by Crippen LogP contribution is -2.38. The number of amides is 2. The van der Waals surface area contributed by atoms with Gasteiger partial charge < -0.3 is 24.4 Å². The molecule has 3 rings (SSSR count). The molecule has 2 amide bonds. The predicted molar refractivity (Wildman–Crippen MR) is 126 cm³/mol. The maximum absolute atomic E-state index is 12.7. The van der Waals surface area contributed by atoms with Gasteiger partial charge in [-0.3, -0.25) is 9.59 Å². The van der Waals surface area contributed by atoms with Crippen LogP contribution in [0.3, 0.4) is 0 Å². The molecule has 0 saturated carbocycles. The minimum Gasteiger partial charge on any atom is -0.484 e. The molecule has 1 N–H and O–H groups in total. The van der Waals surface area contributed by atoms with E-state index in [1.165, 1.54) is 0 Å². The number of rotatable bonds is 9. The van der Waals surface area contributed by atoms with Crippen molar-refractivity contribution in [3.8, 4) is 5.75 Å². The van der Waals surface area contributed by atoms with Gasteiger partial charge >= 0.3 is 0 Å². The normalized spacial score (nSPS) is 14.7. The number of halogens is 1. The number of ether oxygens (including phenoxy) is 1. The van der Waals surface area contributed by atoms with Crippen LogP contribution in [0.15, 0.2) is 24.3 Å². The molecule has 0 radical (unpaired) electrons. The standard InChI is InChI=1S/C23H33ClN6O3/c1-16(2)13-19(25-21(31)14-28(3)4)23-27-26-20-9-10-29(11-12-30(20)23)22(32)15-33-18-7-5-17(24)6-8-18/h5-8,16,19H,9-15H2,1-4H3,(H,25,31). The van der Waals surface area contributed by atoms with Gasteiger partial charge in [-0.1, -0.05) is 25.4 Å². The van der Waals surface area contributed by atoms with Crippen LogP contribution in [0.5, 0.6) is 5.75 Å². The summed E-state index contributed by atoms with van der Waals surface area (Å²) in [5.41, 5.74) is 0. The lowest BCUT2D eigenvalue weighted by Gasteiger charge is -2.23. The summed E-state index contributed by atoms with van der Waals surface area (Å²) in [6.07, 6.45) is 1.36. The molecular formula is C23H33ClN6O3. The molecule has 10 heteroatoms. The minimum atomic E-state index is -0.228. The largest absolute Gasteiger partial charge is 0.484 e. The van der Waals surface area contributed by atoms with Gasteiger partial charge in [0.2, 0.25) is 5.91 Å². The van der Waals surface area contributed by atoms with Gasteiger partial charge in [-0.05, 0) is 50.7 Å². The topological polar surface area (TPSA) is 92.6 Å². The number of benzene rings is 1. The Balaban J connectivity index is 1.65. The highest BCUT2D eigenvalue weighted by atomic mass is 35.5. The van der Waals surface area contributed by atoms with Crippen molar-refractivity contribution in [2.45, 2.75) is 39.3 Å². The van der Waals surface area contributed by atoms with Crippen LogP contribution >= 0.6 is 11.6 Å². The maximum atomic E-state index is 12.7. The van der Waals surface area contributed by atoms with E-state index in [9.17, 15) is 9.59 Å². The Morgan fingerprint density at radius 2 is 1.88 bits per heavy atom. The Hall–Kier alpha value is -2.65. The first-order valence-corrected chi connectivity index (χ1v) is 11.6. The van der Waals surface area contributed by atoms with Crippen LogP contribution in [-0.4, -0.2) is 76.7 Å². The van der Waals surface area contributed by atoms with Crippen molar-refractivity contribution in [3.63, 3.8) is 0 Å². The van der Waals surface area contributed by atoms with Gasteiger partial charge in [0.25, 0.3) is 5.91 Å². The van der Waals surface area contributed by atoms with E-state index in [1.807, 2.05) is 19.0 Å². The summed E-state index contributed by atoms with van der Waals surface area (Å²) in [4.78, 5) is 28.8. The molecule has 33 heavy (non-hydrogen) atoms. The average molecular weight is 477 g/mol. The van der Waals surface area contributed by atoms with Gasteiger partial charge in [-0.15, -0.1) is 10.2 Å². The van der Waals surface area contributed by atoms with E-state index in [0.717, 1.165) is 18.1 Å². The molecule has 180 valence electrons. The fraction of sp³-hybridized carbons (Fsp3) is 0.565. The average Bonchev–Trinajstić information content (AvgIpc) is 3.03. The van der Waals surface area contributed by atoms with E-state index in [2.05, 4.69) is 33.9 Å². The second kappa shape index (κ2) is 11.5. The number of hydrogen-bond donors (Lipinski definition) is 1. The molecule has 1 aromatic heterocycles. The van der Waals surface area contributed by atoms with Gasteiger partial charge in [0.1, 0.15) is 11.6 Å². The Kier molecular flexibility index (Phi) is 8.68. The van der Waals surface area contributed by atoms with Gasteiger partial charge in [0.15, 0.2) is 12.4 Å². The highest BCUT2D eigenvalue weighted by Crippen LogP contribution is 2.22. The highest BCUT2D eigenvalue weighted by Gasteiger charge is 2.27. The third kappa shape index (κ3) is 7.17. The van der Waals surface area contributed by atoms with Gasteiger partial charge in [0, 0.05) is 31.1 Å². The van der Waals surface area contributed by atoms with Gasteiger partial charge in [0.05, 0.1) is 12.6 Å². The van der Waals surface area contributed by atoms with Crippen molar-refractivity contribution in [3.05, 3.63) is 40.9 Å². The zero-order chi connectivity index (χ0) is 24.0. The van der Waals surface area contributed by atoms with Gasteiger partial charge in [-0.25, -0.2) is 0 Å². The zero-order valence-corrected chi connectivity index (χ0v) is 20.5. The smallest absolute Gasteiger partial charge is 0.260 e. The molecule has 2 aromatic rings. The molecule has 0 saturated heterocycles. The Morgan fingerprint density at radius 1 is 1.15 bits per heavy atom. The molecule has 0 aliphatic carbocycles. The predicted octanol–water partition coefficient (Wildman–Crippen LogP) is 2.16. The SMILES string of the molecule is CC(C)CC(NC(=O)CN(C)C)c1nnc2n1CCN(C(=O)COc1ccc(Cl)cc1)CC2. The Morgan fingerprint density at radius 3 is 2.55 bits per heavy atom. The minimum absolute atomic E-state index is 0.0361. The molecule has 1 atom stereocenters. The van der Waals surface area contributed by atoms with Crippen LogP contribution in [-0.2, 0) is 22.6 Å². The summed E-state index contributed by atoms with van der Waals surface area (Å²) in [5, 5.41) is 12.5. The molecule has 0 spiro atoms. The first kappa shape index (κ1) is 25.0. The van der Waals surface area contributed by atoms with E-state index in [-0.39, 0.29) is 24.5 Å². The van der Waals surface area contributed by atoms with Crippen molar-refractivity contribution >= 4 is 23.4 Å². The van der Waals surface area contributed by atoms with E-state index in [4.69, 9.17) is 16.3 Å². The van der Waals surface area contributed by atoms with Gasteiger partial charge in [-0.2, -0.15) is 0 Å². The van der Waals surface area contributed by atoms with E-state index in [1.54, 1.807) is 29.2 Å². The second-order valence-electron chi connectivity index (χ2n) is 8.99. The number of carbonyl (C=O) groups is 2. The summed E-state index contributed by atoms with van der Waals surface area (Å²) in [6, 6.07) is 6.71. The summed E-state index contributed by atoms with van der Waals surface area (Å²) in [6.45, 7) is 6.15. The van der Waals surface area contributed by atoms with E-state index >= 15 is 0 Å². The van der Waals surface area contributed by atoms with Crippen LogP contribution in [0, 0.1) is 5.92 Å². The van der Waals surface area contributed by atoms with Crippen molar-refractivity contribution in [2.24, 2.45) is 5.92 Å². The van der Waals surface area contributed by atoms with Crippen LogP contribution in [0.2, 0.25) is 5.02 Å². The van der Waals surface area contributed by atoms with Crippen LogP contribution < -0.4 is 10.1 Å². The van der Waals surface area contributed by atoms with Crippen molar-refractivity contribution < 1.29 is 14.3 Å². The molecular weight excluding hydrogens is 444 g/mol. The van der Waals surface area contributed by atoms with Crippen LogP contribution in [0.1, 0.15) is 38.0 Å². The second-order valence-corrected chi connectivity index (χ2v) is 9.42. The van der Waals surface area contributed by atoms with Crippen LogP contribution in [0.4, 0.5) is 0 Å².